The molecule has 2 aliphatic rings. The van der Waals surface area contributed by atoms with Crippen molar-refractivity contribution in [2.75, 3.05) is 10.2 Å². The van der Waals surface area contributed by atoms with Crippen LogP contribution in [0.4, 0.5) is 11.6 Å². The number of carbonyl (C=O) groups is 1. The number of benzene rings is 1. The Kier molecular flexibility index (Phi) is 3.40. The van der Waals surface area contributed by atoms with Crippen LogP contribution in [0.1, 0.15) is 32.4 Å². The molecule has 7 nitrogen and oxygen atoms in total. The van der Waals surface area contributed by atoms with Gasteiger partial charge in [-0.2, -0.15) is 0 Å². The molecular weight excluding hydrogens is 340 g/mol. The lowest BCUT2D eigenvalue weighted by atomic mass is 9.84. The van der Waals surface area contributed by atoms with E-state index in [-0.39, 0.29) is 18.0 Å². The maximum Gasteiger partial charge on any atom is 0.240 e. The molecule has 0 bridgehead atoms. The highest BCUT2D eigenvalue weighted by atomic mass is 16.2. The summed E-state index contributed by atoms with van der Waals surface area (Å²) in [7, 11) is 0. The van der Waals surface area contributed by atoms with Crippen molar-refractivity contribution in [3.8, 4) is 0 Å². The summed E-state index contributed by atoms with van der Waals surface area (Å²) in [5.41, 5.74) is 1.91. The smallest absolute Gasteiger partial charge is 0.240 e. The molecule has 5 rings (SSSR count). The van der Waals surface area contributed by atoms with E-state index in [9.17, 15) is 4.79 Å². The number of amides is 1. The number of hydrogen-bond acceptors (Lipinski definition) is 6. The van der Waals surface area contributed by atoms with E-state index in [2.05, 4.69) is 25.3 Å². The number of carbonyl (C=O) groups excluding carboxylic acids is 1. The van der Waals surface area contributed by atoms with Crippen LogP contribution >= 0.6 is 0 Å². The Balaban J connectivity index is 1.31. The third kappa shape index (κ3) is 2.45. The molecule has 1 amide bonds. The van der Waals surface area contributed by atoms with Gasteiger partial charge in [0, 0.05) is 24.5 Å². The summed E-state index contributed by atoms with van der Waals surface area (Å²) in [6.45, 7) is 3.84. The van der Waals surface area contributed by atoms with E-state index in [4.69, 9.17) is 0 Å². The molecule has 0 atom stereocenters. The predicted molar refractivity (Wildman–Crippen MR) is 103 cm³/mol. The van der Waals surface area contributed by atoms with Gasteiger partial charge in [-0.3, -0.25) is 19.7 Å². The Morgan fingerprint density at radius 3 is 2.63 bits per heavy atom. The number of hydrogen-bond donors (Lipinski definition) is 1. The zero-order valence-corrected chi connectivity index (χ0v) is 15.3. The standard InChI is InChI=1S/C20H20N6O/c1-20(2)17-18(22-8-7-21-17)26(19(20)27)13-9-12(10-13)24-16-11-23-14-5-3-4-6-15(14)25-16/h3-8,11-13H,9-10H2,1-2H3,(H,24,25)/t12-,13-. The van der Waals surface area contributed by atoms with Gasteiger partial charge in [-0.25, -0.2) is 9.97 Å². The first-order chi connectivity index (χ1) is 13.0. The lowest BCUT2D eigenvalue weighted by molar-refractivity contribution is -0.123. The Labute approximate surface area is 156 Å². The second-order valence-electron chi connectivity index (χ2n) is 7.74. The van der Waals surface area contributed by atoms with Gasteiger partial charge < -0.3 is 5.32 Å². The van der Waals surface area contributed by atoms with E-state index in [1.807, 2.05) is 43.0 Å². The number of para-hydroxylation sites is 2. The zero-order chi connectivity index (χ0) is 18.6. The largest absolute Gasteiger partial charge is 0.366 e. The summed E-state index contributed by atoms with van der Waals surface area (Å²) in [5.74, 6) is 1.56. The lowest BCUT2D eigenvalue weighted by Crippen LogP contribution is -2.53. The molecule has 136 valence electrons. The topological polar surface area (TPSA) is 83.9 Å². The molecule has 1 N–H and O–H groups in total. The molecule has 1 aromatic carbocycles. The summed E-state index contributed by atoms with van der Waals surface area (Å²) in [6, 6.07) is 8.22. The van der Waals surface area contributed by atoms with Gasteiger partial charge >= 0.3 is 0 Å². The van der Waals surface area contributed by atoms with Crippen LogP contribution in [0, 0.1) is 0 Å². The minimum atomic E-state index is -0.619. The van der Waals surface area contributed by atoms with Crippen LogP contribution in [0.5, 0.6) is 0 Å². The fraction of sp³-hybridized carbons (Fsp3) is 0.350. The number of nitrogens with one attached hydrogen (secondary N) is 1. The Morgan fingerprint density at radius 1 is 1.07 bits per heavy atom. The van der Waals surface area contributed by atoms with E-state index >= 15 is 0 Å². The van der Waals surface area contributed by atoms with Crippen molar-refractivity contribution in [3.63, 3.8) is 0 Å². The monoisotopic (exact) mass is 360 g/mol. The van der Waals surface area contributed by atoms with Gasteiger partial charge in [-0.1, -0.05) is 12.1 Å². The molecule has 0 unspecified atom stereocenters. The molecule has 0 saturated heterocycles. The second-order valence-corrected chi connectivity index (χ2v) is 7.74. The van der Waals surface area contributed by atoms with Crippen molar-refractivity contribution < 1.29 is 4.79 Å². The van der Waals surface area contributed by atoms with E-state index in [1.165, 1.54) is 0 Å². The minimum Gasteiger partial charge on any atom is -0.366 e. The van der Waals surface area contributed by atoms with Gasteiger partial charge in [0.1, 0.15) is 5.82 Å². The van der Waals surface area contributed by atoms with Crippen molar-refractivity contribution in [1.82, 2.24) is 19.9 Å². The predicted octanol–water partition coefficient (Wildman–Crippen LogP) is 2.69. The van der Waals surface area contributed by atoms with E-state index in [1.54, 1.807) is 18.6 Å². The van der Waals surface area contributed by atoms with Crippen molar-refractivity contribution >= 4 is 28.6 Å². The zero-order valence-electron chi connectivity index (χ0n) is 15.3. The molecule has 1 fully saturated rings. The van der Waals surface area contributed by atoms with Gasteiger partial charge in [-0.05, 0) is 38.8 Å². The van der Waals surface area contributed by atoms with Crippen LogP contribution < -0.4 is 10.2 Å². The third-order valence-electron chi connectivity index (χ3n) is 5.53. The molecule has 0 spiro atoms. The molecule has 2 aromatic heterocycles. The van der Waals surface area contributed by atoms with Crippen LogP contribution in [-0.2, 0) is 10.2 Å². The lowest BCUT2D eigenvalue weighted by Gasteiger charge is -2.41. The molecule has 27 heavy (non-hydrogen) atoms. The van der Waals surface area contributed by atoms with Gasteiger partial charge in [0.05, 0.1) is 28.3 Å². The Bertz CT molecular complexity index is 1040. The van der Waals surface area contributed by atoms with Gasteiger partial charge in [-0.15, -0.1) is 0 Å². The quantitative estimate of drug-likeness (QED) is 0.773. The number of nitrogens with zero attached hydrogens (tertiary/aromatic N) is 5. The normalized spacial score (nSPS) is 23.2. The first kappa shape index (κ1) is 16.1. The minimum absolute atomic E-state index is 0.0812. The maximum absolute atomic E-state index is 12.9. The average Bonchev–Trinajstić information content (AvgIpc) is 2.85. The van der Waals surface area contributed by atoms with Crippen LogP contribution in [0.15, 0.2) is 42.9 Å². The molecule has 1 aliphatic heterocycles. The first-order valence-corrected chi connectivity index (χ1v) is 9.17. The molecule has 3 aromatic rings. The summed E-state index contributed by atoms with van der Waals surface area (Å²) >= 11 is 0. The number of aromatic nitrogens is 4. The van der Waals surface area contributed by atoms with Gasteiger partial charge in [0.25, 0.3) is 0 Å². The number of rotatable bonds is 3. The molecule has 7 heteroatoms. The van der Waals surface area contributed by atoms with Crippen LogP contribution in [0.3, 0.4) is 0 Å². The summed E-state index contributed by atoms with van der Waals surface area (Å²) in [4.78, 5) is 32.7. The fourth-order valence-electron chi connectivity index (χ4n) is 3.94. The van der Waals surface area contributed by atoms with Crippen LogP contribution in [0.25, 0.3) is 11.0 Å². The van der Waals surface area contributed by atoms with E-state index < -0.39 is 5.41 Å². The van der Waals surface area contributed by atoms with Crippen LogP contribution in [0.2, 0.25) is 0 Å². The summed E-state index contributed by atoms with van der Waals surface area (Å²) < 4.78 is 0. The molecule has 0 radical (unpaired) electrons. The SMILES string of the molecule is CC1(C)C(=O)N([C@H]2C[C@H](Nc3cnc4ccccc4n3)C2)c2nccnc21. The van der Waals surface area contributed by atoms with E-state index in [0.29, 0.717) is 5.82 Å². The highest BCUT2D eigenvalue weighted by Gasteiger charge is 2.51. The van der Waals surface area contributed by atoms with Crippen molar-refractivity contribution in [1.29, 1.82) is 0 Å². The Morgan fingerprint density at radius 2 is 1.81 bits per heavy atom. The Hall–Kier alpha value is -3.09. The van der Waals surface area contributed by atoms with Crippen molar-refractivity contribution in [3.05, 3.63) is 48.5 Å². The molecule has 1 saturated carbocycles. The fourth-order valence-corrected chi connectivity index (χ4v) is 3.94. The highest BCUT2D eigenvalue weighted by molar-refractivity contribution is 6.06. The molecular formula is C20H20N6O. The summed E-state index contributed by atoms with van der Waals surface area (Å²) in [5, 5.41) is 3.44. The van der Waals surface area contributed by atoms with Gasteiger partial charge in [0.15, 0.2) is 5.82 Å². The average molecular weight is 360 g/mol. The third-order valence-corrected chi connectivity index (χ3v) is 5.53. The highest BCUT2D eigenvalue weighted by Crippen LogP contribution is 2.43. The summed E-state index contributed by atoms with van der Waals surface area (Å²) in [6.07, 6.45) is 6.78. The van der Waals surface area contributed by atoms with E-state index in [0.717, 1.165) is 35.4 Å². The van der Waals surface area contributed by atoms with Gasteiger partial charge in [0.2, 0.25) is 5.91 Å². The maximum atomic E-state index is 12.9. The number of fused-ring (bicyclic) bond motifs is 2. The first-order valence-electron chi connectivity index (χ1n) is 9.17. The second kappa shape index (κ2) is 5.70. The molecule has 1 aliphatic carbocycles. The number of anilines is 2. The van der Waals surface area contributed by atoms with Crippen LogP contribution in [-0.4, -0.2) is 37.9 Å². The van der Waals surface area contributed by atoms with Crippen molar-refractivity contribution in [2.45, 2.75) is 44.2 Å². The molecule has 3 heterocycles. The van der Waals surface area contributed by atoms with Crippen molar-refractivity contribution in [2.24, 2.45) is 0 Å².